The largest absolute Gasteiger partial charge is 0.492 e. The van der Waals surface area contributed by atoms with Crippen LogP contribution in [0.1, 0.15) is 49.9 Å². The molecule has 0 amide bonds. The minimum absolute atomic E-state index is 0.122. The average Bonchev–Trinajstić information content (AvgIpc) is 3.25. The molecular weight excluding hydrogens is 789 g/mol. The maximum absolute atomic E-state index is 15.3. The maximum Gasteiger partial charge on any atom is 0.165 e. The van der Waals surface area contributed by atoms with Gasteiger partial charge in [-0.25, -0.2) is 8.78 Å². The quantitative estimate of drug-likeness (QED) is 0.0717. The number of hydrogen-bond acceptors (Lipinski definition) is 5. The third-order valence-corrected chi connectivity index (χ3v) is 10.9. The molecule has 0 saturated carbocycles. The van der Waals surface area contributed by atoms with Crippen molar-refractivity contribution in [1.29, 1.82) is 0 Å². The highest BCUT2D eigenvalue weighted by Gasteiger charge is 2.40. The molecule has 308 valence electrons. The topological polar surface area (TPSA) is 46.2 Å². The van der Waals surface area contributed by atoms with Gasteiger partial charge in [0.05, 0.1) is 24.0 Å². The molecule has 2 atom stereocenters. The Labute approximate surface area is 356 Å². The van der Waals surface area contributed by atoms with Crippen molar-refractivity contribution in [2.45, 2.75) is 63.6 Å². The molecule has 0 aromatic heterocycles. The van der Waals surface area contributed by atoms with Gasteiger partial charge in [-0.15, -0.1) is 23.2 Å². The van der Waals surface area contributed by atoms with Gasteiger partial charge < -0.3 is 23.7 Å². The summed E-state index contributed by atoms with van der Waals surface area (Å²) in [5.74, 6) is 2.56. The SMILES string of the molecule is CC(C)(c1ccc(OCCCl)cc1)C(Cc1ccc(F)c(Oc2ccccc2)c1)OC(Cc1ccc(F)c(Oc2ccccc2)c1)C(C)(C)c1ccc(OCCCl)cc1. The lowest BCUT2D eigenvalue weighted by atomic mass is 9.74. The van der Waals surface area contributed by atoms with Crippen LogP contribution < -0.4 is 18.9 Å². The number of benzene rings is 6. The molecule has 6 rings (SSSR count). The van der Waals surface area contributed by atoms with Gasteiger partial charge in [0.25, 0.3) is 0 Å². The molecule has 2 unspecified atom stereocenters. The maximum atomic E-state index is 15.3. The Bertz CT molecular complexity index is 2060. The van der Waals surface area contributed by atoms with Crippen LogP contribution >= 0.6 is 23.2 Å². The van der Waals surface area contributed by atoms with E-state index >= 15 is 8.78 Å². The minimum atomic E-state index is -0.599. The Morgan fingerprint density at radius 3 is 1.20 bits per heavy atom. The van der Waals surface area contributed by atoms with Crippen LogP contribution in [0, 0.1) is 11.6 Å². The van der Waals surface area contributed by atoms with E-state index in [9.17, 15) is 0 Å². The second-order valence-electron chi connectivity index (χ2n) is 15.4. The summed E-state index contributed by atoms with van der Waals surface area (Å²) >= 11 is 11.8. The zero-order valence-electron chi connectivity index (χ0n) is 33.8. The minimum Gasteiger partial charge on any atom is -0.492 e. The van der Waals surface area contributed by atoms with Gasteiger partial charge in [0.1, 0.15) is 36.2 Å². The Balaban J connectivity index is 1.41. The lowest BCUT2D eigenvalue weighted by Gasteiger charge is -2.43. The van der Waals surface area contributed by atoms with Crippen molar-refractivity contribution in [1.82, 2.24) is 0 Å². The normalized spacial score (nSPS) is 12.7. The Kier molecular flexibility index (Phi) is 14.9. The summed E-state index contributed by atoms with van der Waals surface area (Å²) in [6.07, 6.45) is -0.120. The molecule has 0 bridgehead atoms. The van der Waals surface area contributed by atoms with Crippen LogP contribution in [0.15, 0.2) is 146 Å². The molecule has 0 aliphatic rings. The van der Waals surface area contributed by atoms with Crippen molar-refractivity contribution in [3.63, 3.8) is 0 Å². The van der Waals surface area contributed by atoms with E-state index in [-0.39, 0.29) is 11.5 Å². The second-order valence-corrected chi connectivity index (χ2v) is 16.2. The Morgan fingerprint density at radius 1 is 0.475 bits per heavy atom. The summed E-state index contributed by atoms with van der Waals surface area (Å²) in [5, 5.41) is 0. The average molecular weight is 840 g/mol. The molecule has 5 nitrogen and oxygen atoms in total. The molecule has 0 spiro atoms. The van der Waals surface area contributed by atoms with Gasteiger partial charge in [-0.2, -0.15) is 0 Å². The number of para-hydroxylation sites is 2. The van der Waals surface area contributed by atoms with Gasteiger partial charge in [-0.3, -0.25) is 0 Å². The number of hydrogen-bond donors (Lipinski definition) is 0. The third kappa shape index (κ3) is 11.6. The summed E-state index contributed by atoms with van der Waals surface area (Å²) in [4.78, 5) is 0. The van der Waals surface area contributed by atoms with E-state index in [4.69, 9.17) is 46.9 Å². The fourth-order valence-corrected chi connectivity index (χ4v) is 7.11. The van der Waals surface area contributed by atoms with E-state index in [2.05, 4.69) is 27.7 Å². The molecule has 0 fully saturated rings. The van der Waals surface area contributed by atoms with Gasteiger partial charge in [-0.1, -0.05) is 100 Å². The summed E-state index contributed by atoms with van der Waals surface area (Å²) in [6, 6.07) is 44.1. The fourth-order valence-electron chi connectivity index (χ4n) is 6.96. The van der Waals surface area contributed by atoms with Crippen molar-refractivity contribution in [2.75, 3.05) is 25.0 Å². The molecule has 0 aliphatic carbocycles. The van der Waals surface area contributed by atoms with Gasteiger partial charge in [0, 0.05) is 10.8 Å². The monoisotopic (exact) mass is 838 g/mol. The molecule has 0 N–H and O–H groups in total. The summed E-state index contributed by atoms with van der Waals surface area (Å²) in [5.41, 5.74) is 2.49. The van der Waals surface area contributed by atoms with Crippen LogP contribution in [-0.2, 0) is 28.4 Å². The number of ether oxygens (including phenoxy) is 5. The van der Waals surface area contributed by atoms with E-state index in [1.54, 1.807) is 48.5 Å². The number of rotatable bonds is 20. The molecule has 6 aromatic rings. The molecular formula is C50H50Cl2F2O5. The van der Waals surface area contributed by atoms with Crippen molar-refractivity contribution < 1.29 is 32.5 Å². The van der Waals surface area contributed by atoms with Crippen molar-refractivity contribution in [2.24, 2.45) is 0 Å². The predicted octanol–water partition coefficient (Wildman–Crippen LogP) is 13.3. The highest BCUT2D eigenvalue weighted by atomic mass is 35.5. The van der Waals surface area contributed by atoms with Crippen LogP contribution in [0.25, 0.3) is 0 Å². The first kappa shape index (κ1) is 43.5. The zero-order chi connectivity index (χ0) is 41.8. The van der Waals surface area contributed by atoms with E-state index in [0.29, 0.717) is 60.8 Å². The first-order valence-corrected chi connectivity index (χ1v) is 20.8. The number of halogens is 4. The van der Waals surface area contributed by atoms with E-state index in [1.807, 2.05) is 84.9 Å². The Hall–Kier alpha value is -5.08. The lowest BCUT2D eigenvalue weighted by molar-refractivity contribution is -0.0753. The smallest absolute Gasteiger partial charge is 0.165 e. The van der Waals surface area contributed by atoms with E-state index in [0.717, 1.165) is 22.3 Å². The van der Waals surface area contributed by atoms with Crippen LogP contribution in [0.4, 0.5) is 8.78 Å². The molecule has 0 aliphatic heterocycles. The molecule has 9 heteroatoms. The first-order valence-electron chi connectivity index (χ1n) is 19.7. The Morgan fingerprint density at radius 2 is 0.847 bits per heavy atom. The fraction of sp³-hybridized carbons (Fsp3) is 0.280. The van der Waals surface area contributed by atoms with Gasteiger partial charge in [0.2, 0.25) is 0 Å². The predicted molar refractivity (Wildman–Crippen MR) is 233 cm³/mol. The van der Waals surface area contributed by atoms with Crippen LogP contribution in [0.2, 0.25) is 0 Å². The summed E-state index contributed by atoms with van der Waals surface area (Å²) in [6.45, 7) is 9.38. The van der Waals surface area contributed by atoms with E-state index in [1.165, 1.54) is 12.1 Å². The van der Waals surface area contributed by atoms with Crippen molar-refractivity contribution >= 4 is 23.2 Å². The van der Waals surface area contributed by atoms with Gasteiger partial charge >= 0.3 is 0 Å². The standard InChI is InChI=1S/C50H50Cl2F2O5/c1-49(2,37-17-21-39(22-18-37)55-29-27-51)47(33-35-15-25-43(53)45(31-35)57-41-11-7-5-8-12-41)59-48(50(3,4)38-19-23-40(24-20-38)56-30-28-52)34-36-16-26-44(54)46(32-36)58-42-13-9-6-10-14-42/h5-26,31-32,47-48H,27-30,33-34H2,1-4H3. The molecule has 0 heterocycles. The van der Waals surface area contributed by atoms with Crippen LogP contribution in [-0.4, -0.2) is 37.2 Å². The lowest BCUT2D eigenvalue weighted by Crippen LogP contribution is -2.46. The third-order valence-electron chi connectivity index (χ3n) is 10.6. The molecule has 0 saturated heterocycles. The first-order chi connectivity index (χ1) is 28.5. The number of alkyl halides is 2. The van der Waals surface area contributed by atoms with Crippen LogP contribution in [0.5, 0.6) is 34.5 Å². The zero-order valence-corrected chi connectivity index (χ0v) is 35.3. The molecule has 6 aromatic carbocycles. The summed E-state index contributed by atoms with van der Waals surface area (Å²) < 4.78 is 61.7. The summed E-state index contributed by atoms with van der Waals surface area (Å²) in [7, 11) is 0. The van der Waals surface area contributed by atoms with Gasteiger partial charge in [-0.05, 0) is 108 Å². The highest BCUT2D eigenvalue weighted by molar-refractivity contribution is 6.18. The molecule has 59 heavy (non-hydrogen) atoms. The van der Waals surface area contributed by atoms with E-state index < -0.39 is 34.7 Å². The highest BCUT2D eigenvalue weighted by Crippen LogP contribution is 2.40. The van der Waals surface area contributed by atoms with Crippen molar-refractivity contribution in [3.8, 4) is 34.5 Å². The van der Waals surface area contributed by atoms with Gasteiger partial charge in [0.15, 0.2) is 23.1 Å². The van der Waals surface area contributed by atoms with Crippen molar-refractivity contribution in [3.05, 3.63) is 179 Å². The van der Waals surface area contributed by atoms with Crippen LogP contribution in [0.3, 0.4) is 0 Å². The molecule has 0 radical (unpaired) electrons. The second kappa shape index (κ2) is 20.3.